The second-order valence-electron chi connectivity index (χ2n) is 5.96. The van der Waals surface area contributed by atoms with Gasteiger partial charge in [-0.15, -0.1) is 0 Å². The lowest BCUT2D eigenvalue weighted by atomic mass is 10.1. The molecular weight excluding hydrogens is 336 g/mol. The maximum Gasteiger partial charge on any atom is 0.289 e. The van der Waals surface area contributed by atoms with Crippen LogP contribution in [0.3, 0.4) is 0 Å². The number of nitrogens with zero attached hydrogens (tertiary/aromatic N) is 3. The number of hydrogen-bond donors (Lipinski definition) is 2. The lowest BCUT2D eigenvalue weighted by Gasteiger charge is -2.27. The Labute approximate surface area is 148 Å². The molecule has 26 heavy (non-hydrogen) atoms. The molecule has 3 aromatic rings. The molecule has 0 fully saturated rings. The number of nitrogens with one attached hydrogen (secondary N) is 1. The zero-order valence-electron chi connectivity index (χ0n) is 13.8. The topological polar surface area (TPSA) is 112 Å². The van der Waals surface area contributed by atoms with E-state index < -0.39 is 0 Å². The maximum absolute atomic E-state index is 12.6. The molecule has 3 aromatic heterocycles. The smallest absolute Gasteiger partial charge is 0.289 e. The van der Waals surface area contributed by atoms with Gasteiger partial charge in [0.15, 0.2) is 11.6 Å². The Balaban J connectivity index is 1.64. The minimum absolute atomic E-state index is 0.160. The van der Waals surface area contributed by atoms with E-state index in [-0.39, 0.29) is 30.4 Å². The van der Waals surface area contributed by atoms with E-state index in [4.69, 9.17) is 9.52 Å². The van der Waals surface area contributed by atoms with E-state index in [0.717, 1.165) is 0 Å². The molecule has 0 spiro atoms. The molecule has 1 amide bonds. The monoisotopic (exact) mass is 352 g/mol. The van der Waals surface area contributed by atoms with Gasteiger partial charge in [-0.25, -0.2) is 4.98 Å². The second-order valence-corrected chi connectivity index (χ2v) is 5.96. The minimum Gasteiger partial charge on any atom is -0.453 e. The molecule has 4 rings (SSSR count). The van der Waals surface area contributed by atoms with Crippen molar-refractivity contribution < 1.29 is 14.3 Å². The Morgan fingerprint density at radius 2 is 2.19 bits per heavy atom. The zero-order valence-corrected chi connectivity index (χ0v) is 13.8. The zero-order chi connectivity index (χ0) is 18.1. The van der Waals surface area contributed by atoms with Crippen molar-refractivity contribution in [3.8, 4) is 11.5 Å². The van der Waals surface area contributed by atoms with Gasteiger partial charge in [0.05, 0.1) is 12.2 Å². The van der Waals surface area contributed by atoms with E-state index in [2.05, 4.69) is 15.0 Å². The van der Waals surface area contributed by atoms with E-state index in [1.54, 1.807) is 29.3 Å². The number of hydrogen-bond acceptors (Lipinski definition) is 6. The number of fused-ring (bicyclic) bond motifs is 1. The highest BCUT2D eigenvalue weighted by atomic mass is 16.4. The Hall–Kier alpha value is -3.26. The van der Waals surface area contributed by atoms with Crippen molar-refractivity contribution >= 4 is 5.91 Å². The molecule has 0 saturated carbocycles. The standard InChI is InChI=1S/C18H16N4O4/c23-10-11-4-5-15(26-11)18(25)22-8-6-12-14(9-22)20-16(21-17(12)24)13-3-1-2-7-19-13/h1-5,7,23H,6,8-10H2,(H,20,21,24). The number of aromatic nitrogens is 3. The van der Waals surface area contributed by atoms with E-state index in [1.165, 1.54) is 6.07 Å². The molecule has 0 bridgehead atoms. The summed E-state index contributed by atoms with van der Waals surface area (Å²) in [5.74, 6) is 0.575. The third-order valence-electron chi connectivity index (χ3n) is 4.30. The van der Waals surface area contributed by atoms with E-state index >= 15 is 0 Å². The molecule has 8 heteroatoms. The van der Waals surface area contributed by atoms with Gasteiger partial charge in [-0.1, -0.05) is 6.07 Å². The van der Waals surface area contributed by atoms with E-state index in [1.807, 2.05) is 6.07 Å². The lowest BCUT2D eigenvalue weighted by molar-refractivity contribution is 0.0694. The normalized spacial score (nSPS) is 13.5. The highest BCUT2D eigenvalue weighted by Crippen LogP contribution is 2.20. The number of aromatic amines is 1. The SMILES string of the molecule is O=C(c1ccc(CO)o1)N1CCc2c(nc(-c3ccccn3)[nH]c2=O)C1. The molecule has 0 unspecified atom stereocenters. The van der Waals surface area contributed by atoms with Gasteiger partial charge in [0.25, 0.3) is 11.5 Å². The molecule has 0 aromatic carbocycles. The maximum atomic E-state index is 12.6. The van der Waals surface area contributed by atoms with E-state index in [0.29, 0.717) is 41.5 Å². The molecule has 1 aliphatic rings. The van der Waals surface area contributed by atoms with Crippen molar-refractivity contribution in [3.05, 3.63) is 69.7 Å². The Bertz CT molecular complexity index is 1010. The number of carbonyl (C=O) groups is 1. The average Bonchev–Trinajstić information content (AvgIpc) is 3.17. The first-order chi connectivity index (χ1) is 12.7. The Morgan fingerprint density at radius 1 is 1.31 bits per heavy atom. The second kappa shape index (κ2) is 6.57. The van der Waals surface area contributed by atoms with Crippen molar-refractivity contribution in [3.63, 3.8) is 0 Å². The van der Waals surface area contributed by atoms with Crippen LogP contribution >= 0.6 is 0 Å². The van der Waals surface area contributed by atoms with Crippen LogP contribution in [0.25, 0.3) is 11.5 Å². The van der Waals surface area contributed by atoms with Crippen LogP contribution < -0.4 is 5.56 Å². The first kappa shape index (κ1) is 16.2. The van der Waals surface area contributed by atoms with Crippen molar-refractivity contribution in [1.82, 2.24) is 19.9 Å². The van der Waals surface area contributed by atoms with Crippen LogP contribution in [0.1, 0.15) is 27.6 Å². The van der Waals surface area contributed by atoms with Crippen LogP contribution in [0, 0.1) is 0 Å². The predicted octanol–water partition coefficient (Wildman–Crippen LogP) is 1.12. The van der Waals surface area contributed by atoms with Crippen molar-refractivity contribution in [1.29, 1.82) is 0 Å². The molecule has 132 valence electrons. The third kappa shape index (κ3) is 2.91. The van der Waals surface area contributed by atoms with Gasteiger partial charge >= 0.3 is 0 Å². The number of furan rings is 1. The molecule has 0 saturated heterocycles. The number of amides is 1. The molecule has 0 radical (unpaired) electrons. The Morgan fingerprint density at radius 3 is 2.92 bits per heavy atom. The lowest BCUT2D eigenvalue weighted by Crippen LogP contribution is -2.39. The molecule has 2 N–H and O–H groups in total. The highest BCUT2D eigenvalue weighted by Gasteiger charge is 2.27. The number of aliphatic hydroxyl groups is 1. The quantitative estimate of drug-likeness (QED) is 0.730. The highest BCUT2D eigenvalue weighted by molar-refractivity contribution is 5.91. The molecule has 1 aliphatic heterocycles. The first-order valence-corrected chi connectivity index (χ1v) is 8.18. The summed E-state index contributed by atoms with van der Waals surface area (Å²) in [6.07, 6.45) is 2.04. The van der Waals surface area contributed by atoms with Gasteiger partial charge in [0.2, 0.25) is 0 Å². The summed E-state index contributed by atoms with van der Waals surface area (Å²) in [4.78, 5) is 38.0. The van der Waals surface area contributed by atoms with Crippen LogP contribution in [0.4, 0.5) is 0 Å². The number of pyridine rings is 1. The minimum atomic E-state index is -0.295. The summed E-state index contributed by atoms with van der Waals surface area (Å²) in [5.41, 5.74) is 1.50. The van der Waals surface area contributed by atoms with Gasteiger partial charge in [-0.2, -0.15) is 0 Å². The van der Waals surface area contributed by atoms with Crippen LogP contribution in [-0.4, -0.2) is 37.4 Å². The van der Waals surface area contributed by atoms with Crippen LogP contribution in [0.2, 0.25) is 0 Å². The van der Waals surface area contributed by atoms with Gasteiger partial charge < -0.3 is 19.4 Å². The summed E-state index contributed by atoms with van der Waals surface area (Å²) >= 11 is 0. The summed E-state index contributed by atoms with van der Waals surface area (Å²) in [5, 5.41) is 9.07. The summed E-state index contributed by atoms with van der Waals surface area (Å²) in [6.45, 7) is 0.349. The Kier molecular flexibility index (Phi) is 4.10. The van der Waals surface area contributed by atoms with Crippen LogP contribution in [-0.2, 0) is 19.6 Å². The summed E-state index contributed by atoms with van der Waals surface area (Å²) in [6, 6.07) is 8.45. The van der Waals surface area contributed by atoms with Gasteiger partial charge in [0.1, 0.15) is 18.1 Å². The van der Waals surface area contributed by atoms with Crippen molar-refractivity contribution in [2.75, 3.05) is 6.54 Å². The van der Waals surface area contributed by atoms with Gasteiger partial charge in [0, 0.05) is 18.3 Å². The first-order valence-electron chi connectivity index (χ1n) is 8.18. The molecule has 0 aliphatic carbocycles. The van der Waals surface area contributed by atoms with Crippen LogP contribution in [0.15, 0.2) is 45.7 Å². The fourth-order valence-electron chi connectivity index (χ4n) is 2.97. The fraction of sp³-hybridized carbons (Fsp3) is 0.222. The summed E-state index contributed by atoms with van der Waals surface area (Å²) in [7, 11) is 0. The summed E-state index contributed by atoms with van der Waals surface area (Å²) < 4.78 is 5.31. The number of aliphatic hydroxyl groups excluding tert-OH is 1. The average molecular weight is 352 g/mol. The molecular formula is C18H16N4O4. The van der Waals surface area contributed by atoms with E-state index in [9.17, 15) is 9.59 Å². The van der Waals surface area contributed by atoms with Crippen LogP contribution in [0.5, 0.6) is 0 Å². The van der Waals surface area contributed by atoms with Gasteiger partial charge in [-0.05, 0) is 30.7 Å². The molecule has 4 heterocycles. The number of rotatable bonds is 3. The molecule has 0 atom stereocenters. The number of H-pyrrole nitrogens is 1. The van der Waals surface area contributed by atoms with Crippen molar-refractivity contribution in [2.24, 2.45) is 0 Å². The fourth-order valence-corrected chi connectivity index (χ4v) is 2.97. The van der Waals surface area contributed by atoms with Gasteiger partial charge in [-0.3, -0.25) is 14.6 Å². The van der Waals surface area contributed by atoms with Crippen molar-refractivity contribution in [2.45, 2.75) is 19.6 Å². The third-order valence-corrected chi connectivity index (χ3v) is 4.30. The predicted molar refractivity (Wildman–Crippen MR) is 91.2 cm³/mol. The number of carbonyl (C=O) groups excluding carboxylic acids is 1. The largest absolute Gasteiger partial charge is 0.453 e. The molecule has 8 nitrogen and oxygen atoms in total.